The molecule has 1 unspecified atom stereocenters. The minimum Gasteiger partial charge on any atom is -0.441 e. The standard InChI is InChI=1S/C17H20FN3O2.2ClH/c18-13-4-2-1-3-12(13)15-10-20-17(23-15)8-7-16(22)21-14(9-19)11-5-6-11;;/h1-4,10-11,14H,5-9,19H2,(H,21,22);2*1H. The smallest absolute Gasteiger partial charge is 0.220 e. The summed E-state index contributed by atoms with van der Waals surface area (Å²) >= 11 is 0. The van der Waals surface area contributed by atoms with Gasteiger partial charge >= 0.3 is 0 Å². The first-order chi connectivity index (χ1) is 11.2. The number of nitrogens with one attached hydrogen (secondary N) is 1. The molecule has 0 saturated heterocycles. The number of nitrogens with zero attached hydrogens (tertiary/aromatic N) is 1. The molecular weight excluding hydrogens is 368 g/mol. The number of carbonyl (C=O) groups excluding carboxylic acids is 1. The van der Waals surface area contributed by atoms with E-state index in [-0.39, 0.29) is 49.0 Å². The summed E-state index contributed by atoms with van der Waals surface area (Å²) in [4.78, 5) is 16.1. The van der Waals surface area contributed by atoms with Gasteiger partial charge in [0.1, 0.15) is 5.82 Å². The van der Waals surface area contributed by atoms with Crippen molar-refractivity contribution < 1.29 is 13.6 Å². The van der Waals surface area contributed by atoms with Crippen molar-refractivity contribution in [3.63, 3.8) is 0 Å². The van der Waals surface area contributed by atoms with E-state index < -0.39 is 0 Å². The van der Waals surface area contributed by atoms with Gasteiger partial charge in [0.15, 0.2) is 11.7 Å². The van der Waals surface area contributed by atoms with Crippen molar-refractivity contribution in [1.29, 1.82) is 0 Å². The van der Waals surface area contributed by atoms with E-state index in [0.717, 1.165) is 12.8 Å². The normalized spacial score (nSPS) is 14.2. The highest BCUT2D eigenvalue weighted by atomic mass is 35.5. The summed E-state index contributed by atoms with van der Waals surface area (Å²) in [6, 6.07) is 6.43. The Bertz CT molecular complexity index is 692. The van der Waals surface area contributed by atoms with E-state index >= 15 is 0 Å². The minimum atomic E-state index is -0.358. The Labute approximate surface area is 158 Å². The highest BCUT2D eigenvalue weighted by Crippen LogP contribution is 2.32. The van der Waals surface area contributed by atoms with Crippen LogP contribution in [0.4, 0.5) is 4.39 Å². The summed E-state index contributed by atoms with van der Waals surface area (Å²) < 4.78 is 19.2. The maximum absolute atomic E-state index is 13.7. The quantitative estimate of drug-likeness (QED) is 0.761. The third-order valence-electron chi connectivity index (χ3n) is 4.05. The fourth-order valence-electron chi connectivity index (χ4n) is 2.58. The molecule has 3 rings (SSSR count). The number of aryl methyl sites for hydroxylation is 1. The monoisotopic (exact) mass is 389 g/mol. The maximum Gasteiger partial charge on any atom is 0.220 e. The summed E-state index contributed by atoms with van der Waals surface area (Å²) in [6.45, 7) is 0.465. The Hall–Kier alpha value is -1.63. The van der Waals surface area contributed by atoms with Gasteiger partial charge in [-0.25, -0.2) is 9.37 Å². The molecule has 1 aromatic carbocycles. The van der Waals surface area contributed by atoms with Crippen LogP contribution in [0.15, 0.2) is 34.9 Å². The highest BCUT2D eigenvalue weighted by molar-refractivity contribution is 5.85. The van der Waals surface area contributed by atoms with Gasteiger partial charge in [-0.3, -0.25) is 4.79 Å². The van der Waals surface area contributed by atoms with Crippen molar-refractivity contribution in [1.82, 2.24) is 10.3 Å². The van der Waals surface area contributed by atoms with Gasteiger partial charge in [0.25, 0.3) is 0 Å². The van der Waals surface area contributed by atoms with Gasteiger partial charge in [-0.05, 0) is 30.9 Å². The van der Waals surface area contributed by atoms with Crippen molar-refractivity contribution in [2.45, 2.75) is 31.7 Å². The van der Waals surface area contributed by atoms with Crippen molar-refractivity contribution in [3.8, 4) is 11.3 Å². The first kappa shape index (κ1) is 21.4. The van der Waals surface area contributed by atoms with Crippen LogP contribution in [0.3, 0.4) is 0 Å². The lowest BCUT2D eigenvalue weighted by molar-refractivity contribution is -0.121. The van der Waals surface area contributed by atoms with Gasteiger partial charge in [0.05, 0.1) is 11.8 Å². The first-order valence-corrected chi connectivity index (χ1v) is 7.86. The van der Waals surface area contributed by atoms with Crippen LogP contribution in [-0.2, 0) is 11.2 Å². The molecule has 1 heterocycles. The summed E-state index contributed by atoms with van der Waals surface area (Å²) in [5.74, 6) is 0.907. The van der Waals surface area contributed by atoms with Crippen molar-refractivity contribution in [2.24, 2.45) is 11.7 Å². The van der Waals surface area contributed by atoms with E-state index in [1.54, 1.807) is 18.2 Å². The Balaban J connectivity index is 0.00000156. The van der Waals surface area contributed by atoms with E-state index in [2.05, 4.69) is 10.3 Å². The molecule has 0 spiro atoms. The Kier molecular flexibility index (Phi) is 8.35. The van der Waals surface area contributed by atoms with Crippen LogP contribution in [0.2, 0.25) is 0 Å². The molecule has 0 radical (unpaired) electrons. The Morgan fingerprint density at radius 3 is 2.72 bits per heavy atom. The maximum atomic E-state index is 13.7. The van der Waals surface area contributed by atoms with Crippen molar-refractivity contribution in [3.05, 3.63) is 42.2 Å². The molecule has 3 N–H and O–H groups in total. The van der Waals surface area contributed by atoms with Gasteiger partial charge in [0.2, 0.25) is 5.91 Å². The van der Waals surface area contributed by atoms with Crippen LogP contribution in [-0.4, -0.2) is 23.5 Å². The first-order valence-electron chi connectivity index (χ1n) is 7.86. The number of hydrogen-bond donors (Lipinski definition) is 2. The van der Waals surface area contributed by atoms with Gasteiger partial charge in [-0.1, -0.05) is 12.1 Å². The largest absolute Gasteiger partial charge is 0.441 e. The molecule has 8 heteroatoms. The second-order valence-electron chi connectivity index (χ2n) is 5.85. The zero-order chi connectivity index (χ0) is 16.2. The average Bonchev–Trinajstić information content (AvgIpc) is 3.29. The number of carbonyl (C=O) groups is 1. The third kappa shape index (κ3) is 5.70. The predicted molar refractivity (Wildman–Crippen MR) is 98.4 cm³/mol. The lowest BCUT2D eigenvalue weighted by Crippen LogP contribution is -2.41. The second kappa shape index (κ2) is 9.75. The van der Waals surface area contributed by atoms with Crippen LogP contribution < -0.4 is 11.1 Å². The number of hydrogen-bond acceptors (Lipinski definition) is 4. The van der Waals surface area contributed by atoms with E-state index in [9.17, 15) is 9.18 Å². The molecule has 1 amide bonds. The third-order valence-corrected chi connectivity index (χ3v) is 4.05. The zero-order valence-electron chi connectivity index (χ0n) is 13.6. The Morgan fingerprint density at radius 2 is 2.08 bits per heavy atom. The molecule has 1 atom stereocenters. The minimum absolute atomic E-state index is 0. The van der Waals surface area contributed by atoms with Gasteiger partial charge < -0.3 is 15.5 Å². The SMILES string of the molecule is Cl.Cl.NCC(NC(=O)CCc1ncc(-c2ccccc2F)o1)C1CC1. The molecule has 1 fully saturated rings. The fourth-order valence-corrected chi connectivity index (χ4v) is 2.58. The highest BCUT2D eigenvalue weighted by Gasteiger charge is 2.31. The number of halogens is 3. The number of amides is 1. The number of nitrogens with two attached hydrogens (primary N) is 1. The van der Waals surface area contributed by atoms with Crippen molar-refractivity contribution >= 4 is 30.7 Å². The fraction of sp³-hybridized carbons (Fsp3) is 0.412. The van der Waals surface area contributed by atoms with Gasteiger partial charge in [0, 0.05) is 25.4 Å². The predicted octanol–water partition coefficient (Wildman–Crippen LogP) is 3.11. The molecule has 5 nitrogen and oxygen atoms in total. The van der Waals surface area contributed by atoms with Gasteiger partial charge in [-0.15, -0.1) is 24.8 Å². The molecule has 1 aliphatic rings. The summed E-state index contributed by atoms with van der Waals surface area (Å²) in [5.41, 5.74) is 6.04. The van der Waals surface area contributed by atoms with Crippen LogP contribution in [0.25, 0.3) is 11.3 Å². The molecule has 1 aromatic heterocycles. The molecular formula is C17H22Cl2FN3O2. The van der Waals surface area contributed by atoms with Crippen LogP contribution >= 0.6 is 24.8 Å². The molecule has 2 aromatic rings. The van der Waals surface area contributed by atoms with Crippen molar-refractivity contribution in [2.75, 3.05) is 6.54 Å². The number of aromatic nitrogens is 1. The Morgan fingerprint density at radius 1 is 1.36 bits per heavy atom. The lowest BCUT2D eigenvalue weighted by atomic mass is 10.1. The van der Waals surface area contributed by atoms with E-state index in [4.69, 9.17) is 10.2 Å². The summed E-state index contributed by atoms with van der Waals surface area (Å²) in [7, 11) is 0. The lowest BCUT2D eigenvalue weighted by Gasteiger charge is -2.15. The van der Waals surface area contributed by atoms with Crippen LogP contribution in [0, 0.1) is 11.7 Å². The zero-order valence-corrected chi connectivity index (χ0v) is 15.2. The second-order valence-corrected chi connectivity index (χ2v) is 5.85. The average molecular weight is 390 g/mol. The topological polar surface area (TPSA) is 81.1 Å². The summed E-state index contributed by atoms with van der Waals surface area (Å²) in [5, 5.41) is 2.95. The molecule has 25 heavy (non-hydrogen) atoms. The van der Waals surface area contributed by atoms with Crippen LogP contribution in [0.1, 0.15) is 25.2 Å². The molecule has 1 saturated carbocycles. The number of rotatable bonds is 7. The molecule has 0 aliphatic heterocycles. The van der Waals surface area contributed by atoms with Gasteiger partial charge in [-0.2, -0.15) is 0 Å². The van der Waals surface area contributed by atoms with E-state index in [1.165, 1.54) is 12.3 Å². The molecule has 1 aliphatic carbocycles. The number of benzene rings is 1. The molecule has 138 valence electrons. The van der Waals surface area contributed by atoms with Crippen LogP contribution in [0.5, 0.6) is 0 Å². The molecule has 0 bridgehead atoms. The van der Waals surface area contributed by atoms with E-state index in [1.807, 2.05) is 0 Å². The number of oxazole rings is 1. The van der Waals surface area contributed by atoms with E-state index in [0.29, 0.717) is 36.1 Å². The summed E-state index contributed by atoms with van der Waals surface area (Å²) in [6.07, 6.45) is 4.41.